The van der Waals surface area contributed by atoms with E-state index in [1.165, 1.54) is 0 Å². The van der Waals surface area contributed by atoms with Gasteiger partial charge < -0.3 is 5.11 Å². The molecule has 18 heavy (non-hydrogen) atoms. The second kappa shape index (κ2) is 4.56. The summed E-state index contributed by atoms with van der Waals surface area (Å²) < 4.78 is 0. The summed E-state index contributed by atoms with van der Waals surface area (Å²) in [5, 5.41) is 9.08. The number of rotatable bonds is 2. The normalized spacial score (nSPS) is 19.8. The summed E-state index contributed by atoms with van der Waals surface area (Å²) in [5.74, 6) is -2.19. The van der Waals surface area contributed by atoms with Crippen molar-refractivity contribution in [1.29, 1.82) is 0 Å². The summed E-state index contributed by atoms with van der Waals surface area (Å²) in [6.45, 7) is 3.30. The minimum absolute atomic E-state index is 0.213. The molecular formula is C14H13NO3. The summed E-state index contributed by atoms with van der Waals surface area (Å²) in [6, 6.07) is 9.11. The molecule has 0 fully saturated rings. The van der Waals surface area contributed by atoms with E-state index >= 15 is 0 Å². The van der Waals surface area contributed by atoms with E-state index in [1.54, 1.807) is 13.8 Å². The monoisotopic (exact) mass is 243 g/mol. The first kappa shape index (κ1) is 12.2. The highest BCUT2D eigenvalue weighted by Crippen LogP contribution is 2.28. The van der Waals surface area contributed by atoms with E-state index in [-0.39, 0.29) is 11.3 Å². The molecule has 1 aromatic rings. The fourth-order valence-electron chi connectivity index (χ4n) is 2.20. The lowest BCUT2D eigenvalue weighted by atomic mass is 9.84. The van der Waals surface area contributed by atoms with Crippen molar-refractivity contribution in [1.82, 2.24) is 0 Å². The minimum atomic E-state index is -1.21. The molecule has 0 aliphatic carbocycles. The molecule has 4 heteroatoms. The molecule has 0 saturated heterocycles. The molecule has 1 atom stereocenters. The Labute approximate surface area is 105 Å². The van der Waals surface area contributed by atoms with Crippen molar-refractivity contribution in [2.75, 3.05) is 0 Å². The number of aliphatic imine (C=N–C) groups is 1. The third-order valence-corrected chi connectivity index (χ3v) is 2.98. The molecule has 0 saturated carbocycles. The molecule has 92 valence electrons. The maximum atomic E-state index is 12.3. The first-order valence-electron chi connectivity index (χ1n) is 5.61. The molecule has 1 aliphatic heterocycles. The van der Waals surface area contributed by atoms with Crippen LogP contribution < -0.4 is 0 Å². The summed E-state index contributed by atoms with van der Waals surface area (Å²) in [5.41, 5.74) is 1.47. The highest BCUT2D eigenvalue weighted by Gasteiger charge is 2.34. The van der Waals surface area contributed by atoms with E-state index < -0.39 is 17.7 Å². The Kier molecular flexibility index (Phi) is 3.10. The number of carboxylic acids is 1. The van der Waals surface area contributed by atoms with Crippen LogP contribution in [0.15, 0.2) is 46.6 Å². The number of ketones is 1. The van der Waals surface area contributed by atoms with Gasteiger partial charge in [0.05, 0.1) is 11.6 Å². The third-order valence-electron chi connectivity index (χ3n) is 2.98. The van der Waals surface area contributed by atoms with Crippen LogP contribution in [0.5, 0.6) is 0 Å². The quantitative estimate of drug-likeness (QED) is 0.809. The Hall–Kier alpha value is -2.23. The van der Waals surface area contributed by atoms with Gasteiger partial charge in [-0.2, -0.15) is 0 Å². The number of benzene rings is 1. The molecule has 0 bridgehead atoms. The molecule has 0 aromatic heterocycles. The van der Waals surface area contributed by atoms with Gasteiger partial charge >= 0.3 is 5.97 Å². The van der Waals surface area contributed by atoms with Crippen LogP contribution in [0.2, 0.25) is 0 Å². The Morgan fingerprint density at radius 3 is 2.39 bits per heavy atom. The topological polar surface area (TPSA) is 66.7 Å². The Bertz CT molecular complexity index is 570. The zero-order valence-electron chi connectivity index (χ0n) is 10.2. The lowest BCUT2D eigenvalue weighted by molar-refractivity contribution is -0.134. The van der Waals surface area contributed by atoms with Gasteiger partial charge in [0.2, 0.25) is 0 Å². The number of Topliss-reactive ketones (excluding diaryl/α,β-unsaturated/α-hetero) is 1. The van der Waals surface area contributed by atoms with Crippen LogP contribution in [-0.4, -0.2) is 22.6 Å². The van der Waals surface area contributed by atoms with E-state index in [4.69, 9.17) is 5.11 Å². The number of allylic oxidation sites excluding steroid dienone is 1. The van der Waals surface area contributed by atoms with Gasteiger partial charge in [-0.1, -0.05) is 30.3 Å². The van der Waals surface area contributed by atoms with E-state index in [0.717, 1.165) is 5.56 Å². The van der Waals surface area contributed by atoms with Gasteiger partial charge in [0.1, 0.15) is 5.57 Å². The van der Waals surface area contributed by atoms with Gasteiger partial charge in [0, 0.05) is 5.71 Å². The number of carbonyl (C=O) groups excluding carboxylic acids is 1. The molecule has 1 N–H and O–H groups in total. The molecule has 1 aliphatic rings. The predicted octanol–water partition coefficient (Wildman–Crippen LogP) is 2.17. The van der Waals surface area contributed by atoms with E-state index in [0.29, 0.717) is 5.71 Å². The first-order valence-corrected chi connectivity index (χ1v) is 5.61. The van der Waals surface area contributed by atoms with Crippen LogP contribution in [-0.2, 0) is 9.59 Å². The average molecular weight is 243 g/mol. The third kappa shape index (κ3) is 1.97. The molecule has 1 aromatic carbocycles. The van der Waals surface area contributed by atoms with Crippen molar-refractivity contribution < 1.29 is 14.7 Å². The zero-order valence-corrected chi connectivity index (χ0v) is 10.2. The largest absolute Gasteiger partial charge is 0.477 e. The maximum absolute atomic E-state index is 12.3. The van der Waals surface area contributed by atoms with Gasteiger partial charge in [-0.05, 0) is 19.4 Å². The standard InChI is InChI=1S/C14H13NO3/c1-8-11(10-6-4-3-5-7-10)13(16)12(14(17)18)9(2)15-8/h3-7,11H,1-2H3,(H,17,18). The first-order chi connectivity index (χ1) is 8.52. The number of hydrogen-bond acceptors (Lipinski definition) is 3. The van der Waals surface area contributed by atoms with Crippen LogP contribution >= 0.6 is 0 Å². The van der Waals surface area contributed by atoms with Crippen molar-refractivity contribution in [3.05, 3.63) is 47.2 Å². The molecule has 2 rings (SSSR count). The van der Waals surface area contributed by atoms with Gasteiger partial charge in [-0.25, -0.2) is 4.79 Å². The Balaban J connectivity index is 2.52. The predicted molar refractivity (Wildman–Crippen MR) is 67.6 cm³/mol. The maximum Gasteiger partial charge on any atom is 0.341 e. The Morgan fingerprint density at radius 2 is 1.83 bits per heavy atom. The number of nitrogens with zero attached hydrogens (tertiary/aromatic N) is 1. The minimum Gasteiger partial charge on any atom is -0.477 e. The van der Waals surface area contributed by atoms with Crippen molar-refractivity contribution in [2.24, 2.45) is 4.99 Å². The van der Waals surface area contributed by atoms with Crippen molar-refractivity contribution in [3.8, 4) is 0 Å². The lowest BCUT2D eigenvalue weighted by Crippen LogP contribution is -2.29. The summed E-state index contributed by atoms with van der Waals surface area (Å²) in [4.78, 5) is 27.6. The molecule has 0 radical (unpaired) electrons. The summed E-state index contributed by atoms with van der Waals surface area (Å²) >= 11 is 0. The van der Waals surface area contributed by atoms with Crippen molar-refractivity contribution in [2.45, 2.75) is 19.8 Å². The van der Waals surface area contributed by atoms with E-state index in [2.05, 4.69) is 4.99 Å². The molecule has 1 unspecified atom stereocenters. The van der Waals surface area contributed by atoms with Crippen molar-refractivity contribution >= 4 is 17.5 Å². The average Bonchev–Trinajstić information content (AvgIpc) is 2.28. The summed E-state index contributed by atoms with van der Waals surface area (Å²) in [7, 11) is 0. The number of carboxylic acid groups (broad SMARTS) is 1. The smallest absolute Gasteiger partial charge is 0.341 e. The van der Waals surface area contributed by atoms with E-state index in [1.807, 2.05) is 30.3 Å². The van der Waals surface area contributed by atoms with Crippen LogP contribution in [0, 0.1) is 0 Å². The Morgan fingerprint density at radius 1 is 1.22 bits per heavy atom. The van der Waals surface area contributed by atoms with Gasteiger partial charge in [0.25, 0.3) is 0 Å². The van der Waals surface area contributed by atoms with E-state index in [9.17, 15) is 9.59 Å². The number of aliphatic carboxylic acids is 1. The molecule has 1 heterocycles. The summed E-state index contributed by atoms with van der Waals surface area (Å²) in [6.07, 6.45) is 0. The van der Waals surface area contributed by atoms with Gasteiger partial charge in [-0.3, -0.25) is 9.79 Å². The van der Waals surface area contributed by atoms with Crippen molar-refractivity contribution in [3.63, 3.8) is 0 Å². The molecular weight excluding hydrogens is 230 g/mol. The highest BCUT2D eigenvalue weighted by atomic mass is 16.4. The molecule has 0 amide bonds. The number of carbonyl (C=O) groups is 2. The zero-order chi connectivity index (χ0) is 13.3. The van der Waals surface area contributed by atoms with Gasteiger partial charge in [0.15, 0.2) is 5.78 Å². The van der Waals surface area contributed by atoms with Crippen LogP contribution in [0.25, 0.3) is 0 Å². The van der Waals surface area contributed by atoms with Gasteiger partial charge in [-0.15, -0.1) is 0 Å². The highest BCUT2D eigenvalue weighted by molar-refractivity contribution is 6.28. The molecule has 0 spiro atoms. The lowest BCUT2D eigenvalue weighted by Gasteiger charge is -2.21. The number of hydrogen-bond donors (Lipinski definition) is 1. The fraction of sp³-hybridized carbons (Fsp3) is 0.214. The second-order valence-electron chi connectivity index (χ2n) is 4.23. The van der Waals surface area contributed by atoms with Crippen LogP contribution in [0.1, 0.15) is 25.3 Å². The SMILES string of the molecule is CC1=NC(C)=C(C(=O)O)C(=O)C1c1ccccc1. The van der Waals surface area contributed by atoms with Crippen LogP contribution in [0.3, 0.4) is 0 Å². The fourth-order valence-corrected chi connectivity index (χ4v) is 2.20. The van der Waals surface area contributed by atoms with Crippen LogP contribution in [0.4, 0.5) is 0 Å². The molecule has 4 nitrogen and oxygen atoms in total. The second-order valence-corrected chi connectivity index (χ2v) is 4.23.